The molecule has 2 aliphatic heterocycles. The van der Waals surface area contributed by atoms with Gasteiger partial charge in [0.15, 0.2) is 0 Å². The fraction of sp³-hybridized carbons (Fsp3) is 0.562. The highest BCUT2D eigenvalue weighted by Gasteiger charge is 2.46. The predicted molar refractivity (Wildman–Crippen MR) is 158 cm³/mol. The van der Waals surface area contributed by atoms with E-state index in [1.54, 1.807) is 32.2 Å². The van der Waals surface area contributed by atoms with Gasteiger partial charge in [-0.1, -0.05) is 31.4 Å². The first-order valence-electron chi connectivity index (χ1n) is 15.5. The molecule has 1 aromatic carbocycles. The first-order chi connectivity index (χ1) is 21.0. The standard InChI is InChI=1S/C32H39F3N6O3/c1-20-10-13-41(39-20)26-16-23(22-6-4-3-5-7-22)8-9-24(26)29(32(33,34)35)44-28-17-27(37-21(2)38-28)40-14-11-31(12-15-40)18-25(30(42)43)36-19-31/h8-10,13,16-17,22,25,29,36H,3-7,11-12,14-15,18-19H2,1-2H3,(H,42,43)/t25-,29+/m0/s1. The number of aryl methyl sites for hydroxylation is 2. The maximum absolute atomic E-state index is 14.8. The number of hydrogen-bond donors (Lipinski definition) is 2. The van der Waals surface area contributed by atoms with E-state index >= 15 is 0 Å². The molecular weight excluding hydrogens is 573 g/mol. The molecule has 3 fully saturated rings. The number of anilines is 1. The number of carbonyl (C=O) groups is 1. The van der Waals surface area contributed by atoms with E-state index in [0.717, 1.165) is 44.1 Å². The van der Waals surface area contributed by atoms with Gasteiger partial charge < -0.3 is 20.1 Å². The first kappa shape index (κ1) is 30.4. The lowest BCUT2D eigenvalue weighted by molar-refractivity contribution is -0.198. The summed E-state index contributed by atoms with van der Waals surface area (Å²) in [5.74, 6) is 0.125. The number of benzene rings is 1. The Hall–Kier alpha value is -3.67. The molecule has 2 atom stereocenters. The van der Waals surface area contributed by atoms with E-state index < -0.39 is 24.3 Å². The molecule has 44 heavy (non-hydrogen) atoms. The summed E-state index contributed by atoms with van der Waals surface area (Å²) in [4.78, 5) is 22.2. The first-order valence-corrected chi connectivity index (χ1v) is 15.5. The summed E-state index contributed by atoms with van der Waals surface area (Å²) in [6.07, 6.45) is 2.23. The van der Waals surface area contributed by atoms with Crippen LogP contribution in [0.25, 0.3) is 5.69 Å². The fourth-order valence-electron chi connectivity index (χ4n) is 7.08. The Balaban J connectivity index is 1.28. The SMILES string of the molecule is Cc1ccn(-c2cc(C3CCCCC3)ccc2[C@@H](Oc2cc(N3CCC4(CC3)CN[C@H](C(=O)O)C4)nc(C)n2)C(F)(F)F)n1. The van der Waals surface area contributed by atoms with E-state index in [0.29, 0.717) is 55.0 Å². The van der Waals surface area contributed by atoms with Crippen LogP contribution in [0.5, 0.6) is 5.88 Å². The van der Waals surface area contributed by atoms with Gasteiger partial charge in [-0.15, -0.1) is 0 Å². The highest BCUT2D eigenvalue weighted by molar-refractivity contribution is 5.74. The van der Waals surface area contributed by atoms with Crippen LogP contribution in [-0.4, -0.2) is 62.7 Å². The monoisotopic (exact) mass is 612 g/mol. The van der Waals surface area contributed by atoms with Gasteiger partial charge in [-0.25, -0.2) is 9.67 Å². The number of aromatic nitrogens is 4. The molecule has 0 unspecified atom stereocenters. The summed E-state index contributed by atoms with van der Waals surface area (Å²) < 4.78 is 51.7. The van der Waals surface area contributed by atoms with Crippen LogP contribution >= 0.6 is 0 Å². The topological polar surface area (TPSA) is 105 Å². The number of alkyl halides is 3. The third kappa shape index (κ3) is 6.40. The summed E-state index contributed by atoms with van der Waals surface area (Å²) in [6.45, 7) is 5.30. The van der Waals surface area contributed by atoms with Crippen molar-refractivity contribution in [2.45, 2.75) is 89.5 Å². The molecule has 2 N–H and O–H groups in total. The maximum Gasteiger partial charge on any atom is 0.429 e. The molecule has 6 rings (SSSR count). The minimum absolute atomic E-state index is 0.0281. The molecule has 0 amide bonds. The number of nitrogens with zero attached hydrogens (tertiary/aromatic N) is 5. The van der Waals surface area contributed by atoms with Crippen LogP contribution in [0.3, 0.4) is 0 Å². The Bertz CT molecular complexity index is 1490. The lowest BCUT2D eigenvalue weighted by atomic mass is 9.76. The quantitative estimate of drug-likeness (QED) is 0.333. The number of halogens is 3. The predicted octanol–water partition coefficient (Wildman–Crippen LogP) is 6.04. The van der Waals surface area contributed by atoms with Crippen molar-refractivity contribution in [1.29, 1.82) is 0 Å². The normalized spacial score (nSPS) is 21.5. The third-order valence-electron chi connectivity index (χ3n) is 9.53. The Morgan fingerprint density at radius 3 is 2.48 bits per heavy atom. The summed E-state index contributed by atoms with van der Waals surface area (Å²) in [6, 6.07) is 7.88. The van der Waals surface area contributed by atoms with E-state index in [9.17, 15) is 23.1 Å². The average Bonchev–Trinajstić information content (AvgIpc) is 3.62. The van der Waals surface area contributed by atoms with E-state index in [1.165, 1.54) is 23.2 Å². The van der Waals surface area contributed by atoms with Crippen molar-refractivity contribution in [2.24, 2.45) is 5.41 Å². The van der Waals surface area contributed by atoms with Crippen LogP contribution in [0, 0.1) is 19.3 Å². The molecule has 2 aromatic heterocycles. The second-order valence-corrected chi connectivity index (χ2v) is 12.7. The van der Waals surface area contributed by atoms with Gasteiger partial charge in [-0.05, 0) is 75.0 Å². The van der Waals surface area contributed by atoms with Crippen LogP contribution in [0.4, 0.5) is 19.0 Å². The van der Waals surface area contributed by atoms with Gasteiger partial charge in [0.05, 0.1) is 11.4 Å². The fourth-order valence-corrected chi connectivity index (χ4v) is 7.08. The molecule has 4 heterocycles. The molecule has 1 saturated carbocycles. The summed E-state index contributed by atoms with van der Waals surface area (Å²) >= 11 is 0. The van der Waals surface area contributed by atoms with Crippen molar-refractivity contribution in [3.8, 4) is 11.6 Å². The number of rotatable bonds is 7. The van der Waals surface area contributed by atoms with Crippen LogP contribution in [0.15, 0.2) is 36.5 Å². The molecule has 1 aliphatic carbocycles. The average molecular weight is 613 g/mol. The Labute approximate surface area is 254 Å². The number of nitrogens with one attached hydrogen (secondary N) is 1. The van der Waals surface area contributed by atoms with Gasteiger partial charge in [-0.2, -0.15) is 23.3 Å². The van der Waals surface area contributed by atoms with Gasteiger partial charge in [0.25, 0.3) is 0 Å². The second kappa shape index (κ2) is 12.0. The molecule has 3 aromatic rings. The highest BCUT2D eigenvalue weighted by atomic mass is 19.4. The Morgan fingerprint density at radius 2 is 1.84 bits per heavy atom. The highest BCUT2D eigenvalue weighted by Crippen LogP contribution is 2.43. The number of carboxylic acids is 1. The van der Waals surface area contributed by atoms with Crippen molar-refractivity contribution in [1.82, 2.24) is 25.1 Å². The minimum atomic E-state index is -4.73. The molecule has 2 saturated heterocycles. The van der Waals surface area contributed by atoms with Crippen molar-refractivity contribution < 1.29 is 27.8 Å². The minimum Gasteiger partial charge on any atom is -0.480 e. The molecular formula is C32H39F3N6O3. The van der Waals surface area contributed by atoms with Crippen molar-refractivity contribution in [3.63, 3.8) is 0 Å². The maximum atomic E-state index is 14.8. The van der Waals surface area contributed by atoms with Crippen LogP contribution in [-0.2, 0) is 4.79 Å². The largest absolute Gasteiger partial charge is 0.480 e. The Morgan fingerprint density at radius 1 is 1.09 bits per heavy atom. The van der Waals surface area contributed by atoms with Crippen molar-refractivity contribution in [3.05, 3.63) is 59.2 Å². The molecule has 0 bridgehead atoms. The van der Waals surface area contributed by atoms with Gasteiger partial charge in [0.1, 0.15) is 17.7 Å². The number of piperidine rings is 1. The molecule has 236 valence electrons. The number of aliphatic carboxylic acids is 1. The van der Waals surface area contributed by atoms with Gasteiger partial charge >= 0.3 is 12.1 Å². The zero-order valence-corrected chi connectivity index (χ0v) is 25.1. The lowest BCUT2D eigenvalue weighted by Gasteiger charge is -2.39. The molecule has 9 nitrogen and oxygen atoms in total. The zero-order valence-electron chi connectivity index (χ0n) is 25.1. The smallest absolute Gasteiger partial charge is 0.429 e. The van der Waals surface area contributed by atoms with E-state index in [-0.39, 0.29) is 16.9 Å². The molecule has 1 spiro atoms. The number of ether oxygens (including phenoxy) is 1. The van der Waals surface area contributed by atoms with E-state index in [2.05, 4.69) is 20.4 Å². The van der Waals surface area contributed by atoms with E-state index in [1.807, 2.05) is 11.0 Å². The van der Waals surface area contributed by atoms with Crippen LogP contribution in [0.2, 0.25) is 0 Å². The second-order valence-electron chi connectivity index (χ2n) is 12.7. The van der Waals surface area contributed by atoms with Crippen molar-refractivity contribution >= 4 is 11.8 Å². The summed E-state index contributed by atoms with van der Waals surface area (Å²) in [5.41, 5.74) is 1.94. The summed E-state index contributed by atoms with van der Waals surface area (Å²) in [7, 11) is 0. The number of carboxylic acid groups (broad SMARTS) is 1. The molecule has 0 radical (unpaired) electrons. The zero-order chi connectivity index (χ0) is 31.1. The van der Waals surface area contributed by atoms with Crippen LogP contribution in [0.1, 0.15) is 86.0 Å². The van der Waals surface area contributed by atoms with Gasteiger partial charge in [-0.3, -0.25) is 4.79 Å². The third-order valence-corrected chi connectivity index (χ3v) is 9.53. The Kier molecular flexibility index (Phi) is 8.29. The summed E-state index contributed by atoms with van der Waals surface area (Å²) in [5, 5.41) is 17.0. The number of hydrogen-bond acceptors (Lipinski definition) is 7. The van der Waals surface area contributed by atoms with Gasteiger partial charge in [0, 0.05) is 37.5 Å². The molecule has 3 aliphatic rings. The van der Waals surface area contributed by atoms with Gasteiger partial charge in [0.2, 0.25) is 12.0 Å². The van der Waals surface area contributed by atoms with Crippen molar-refractivity contribution in [2.75, 3.05) is 24.5 Å². The van der Waals surface area contributed by atoms with Crippen LogP contribution < -0.4 is 15.0 Å². The molecule has 12 heteroatoms. The lowest BCUT2D eigenvalue weighted by Crippen LogP contribution is -2.41. The van der Waals surface area contributed by atoms with E-state index in [4.69, 9.17) is 4.74 Å².